The third kappa shape index (κ3) is 3.54. The normalized spacial score (nSPS) is 25.6. The Morgan fingerprint density at radius 3 is 2.45 bits per heavy atom. The minimum absolute atomic E-state index is 0. The molecule has 0 spiro atoms. The number of hydrogen-bond donors (Lipinski definition) is 0. The van der Waals surface area contributed by atoms with Crippen LogP contribution in [0.2, 0.25) is 3.63 Å². The Morgan fingerprint density at radius 2 is 1.80 bits per heavy atom. The van der Waals surface area contributed by atoms with Crippen molar-refractivity contribution in [2.45, 2.75) is 43.2 Å². The number of rotatable bonds is 2. The zero-order chi connectivity index (χ0) is 12.5. The second kappa shape index (κ2) is 8.07. The van der Waals surface area contributed by atoms with Crippen LogP contribution in [0, 0.1) is 5.92 Å². The standard InChI is InChI=1S/C9H11.C5H5.C3H6.2ClH.Zr/c1-2-5-9-7-3-6-8(9)4-1;1-2-4-5-3-1;1-3-2;;;/h1-2,4,6,9H,3,5,7H2;1-3H,4H2;1-2H3;2*1H;/q;;;;;+2/p-2. The second-order valence-electron chi connectivity index (χ2n) is 5.90. The summed E-state index contributed by atoms with van der Waals surface area (Å²) in [5.74, 6) is 0.893. The Kier molecular flexibility index (Phi) is 7.40. The molecule has 0 nitrogen and oxygen atoms in total. The third-order valence-corrected chi connectivity index (χ3v) is 13.0. The van der Waals surface area contributed by atoms with E-state index in [2.05, 4.69) is 50.3 Å². The molecule has 0 aromatic carbocycles. The summed E-state index contributed by atoms with van der Waals surface area (Å²) in [6.45, 7) is 4.81. The Hall–Kier alpha value is 0.293. The summed E-state index contributed by atoms with van der Waals surface area (Å²) < 4.78 is 4.59. The molecule has 0 aliphatic heterocycles. The maximum atomic E-state index is 2.46. The van der Waals surface area contributed by atoms with Gasteiger partial charge in [0.15, 0.2) is 0 Å². The van der Waals surface area contributed by atoms with E-state index in [1.165, 1.54) is 25.7 Å². The summed E-state index contributed by atoms with van der Waals surface area (Å²) >= 11 is -1.55. The molecule has 3 aliphatic rings. The molecule has 108 valence electrons. The van der Waals surface area contributed by atoms with E-state index in [9.17, 15) is 0 Å². The summed E-state index contributed by atoms with van der Waals surface area (Å²) in [4.78, 5) is 0. The topological polar surface area (TPSA) is 0 Å². The molecule has 2 atom stereocenters. The molecule has 3 heteroatoms. The van der Waals surface area contributed by atoms with Crippen LogP contribution in [0.5, 0.6) is 0 Å². The van der Waals surface area contributed by atoms with Gasteiger partial charge in [0.05, 0.1) is 0 Å². The molecule has 0 radical (unpaired) electrons. The Balaban J connectivity index is 0.000001000. The molecule has 0 amide bonds. The van der Waals surface area contributed by atoms with Gasteiger partial charge in [-0.05, 0) is 0 Å². The molecular formula is C17H22Cl2Zr. The number of halogens is 2. The summed E-state index contributed by atoms with van der Waals surface area (Å²) in [6.07, 6.45) is 19.7. The Labute approximate surface area is 143 Å². The SMILES string of the molecule is C[C](C)=[Zr+2]([C]1=CC=CC1)[CH]1CCC2CC=CC=C21.[Cl-].[Cl-]. The maximum Gasteiger partial charge on any atom is -1.00 e. The van der Waals surface area contributed by atoms with Gasteiger partial charge < -0.3 is 24.8 Å². The molecule has 0 saturated heterocycles. The van der Waals surface area contributed by atoms with Gasteiger partial charge in [-0.1, -0.05) is 0 Å². The van der Waals surface area contributed by atoms with Crippen molar-refractivity contribution in [2.24, 2.45) is 5.92 Å². The van der Waals surface area contributed by atoms with E-state index < -0.39 is 21.3 Å². The molecule has 0 heterocycles. The first-order valence-corrected chi connectivity index (χ1v) is 11.0. The molecule has 0 aromatic heterocycles. The molecule has 0 N–H and O–H groups in total. The molecule has 1 fully saturated rings. The van der Waals surface area contributed by atoms with Gasteiger partial charge in [0.2, 0.25) is 0 Å². The third-order valence-electron chi connectivity index (χ3n) is 4.53. The predicted octanol–water partition coefficient (Wildman–Crippen LogP) is -1.25. The molecule has 0 bridgehead atoms. The van der Waals surface area contributed by atoms with E-state index >= 15 is 0 Å². The van der Waals surface area contributed by atoms with Gasteiger partial charge in [0, 0.05) is 0 Å². The van der Waals surface area contributed by atoms with Crippen molar-refractivity contribution in [3.05, 3.63) is 45.3 Å². The van der Waals surface area contributed by atoms with Crippen molar-refractivity contribution in [3.8, 4) is 0 Å². The fraction of sp³-hybridized carbons (Fsp3) is 0.471. The first-order chi connectivity index (χ1) is 8.77. The zero-order valence-electron chi connectivity index (χ0n) is 12.2. The summed E-state index contributed by atoms with van der Waals surface area (Å²) in [5.41, 5.74) is 1.82. The van der Waals surface area contributed by atoms with Gasteiger partial charge in [-0.3, -0.25) is 0 Å². The Bertz CT molecular complexity index is 505. The van der Waals surface area contributed by atoms with Crippen molar-refractivity contribution in [1.82, 2.24) is 0 Å². The fourth-order valence-corrected chi connectivity index (χ4v) is 12.4. The molecule has 3 rings (SSSR count). The van der Waals surface area contributed by atoms with E-state index in [1.54, 1.807) is 3.21 Å². The Morgan fingerprint density at radius 1 is 1.05 bits per heavy atom. The largest absolute Gasteiger partial charge is 1.00 e. The van der Waals surface area contributed by atoms with Gasteiger partial charge in [-0.25, -0.2) is 0 Å². The van der Waals surface area contributed by atoms with Crippen molar-refractivity contribution >= 4 is 3.21 Å². The van der Waals surface area contributed by atoms with Crippen LogP contribution in [0.3, 0.4) is 0 Å². The van der Waals surface area contributed by atoms with Crippen LogP contribution in [-0.4, -0.2) is 3.21 Å². The fourth-order valence-electron chi connectivity index (χ4n) is 3.77. The van der Waals surface area contributed by atoms with Crippen LogP contribution in [0.1, 0.15) is 39.5 Å². The average Bonchev–Trinajstić information content (AvgIpc) is 3.00. The number of fused-ring (bicyclic) bond motifs is 1. The maximum absolute atomic E-state index is 2.46. The number of hydrogen-bond acceptors (Lipinski definition) is 0. The molecule has 1 saturated carbocycles. The van der Waals surface area contributed by atoms with E-state index in [-0.39, 0.29) is 24.8 Å². The van der Waals surface area contributed by atoms with Crippen molar-refractivity contribution in [1.29, 1.82) is 0 Å². The van der Waals surface area contributed by atoms with Gasteiger partial charge in [0.25, 0.3) is 0 Å². The van der Waals surface area contributed by atoms with E-state index in [0.717, 1.165) is 9.54 Å². The van der Waals surface area contributed by atoms with Crippen molar-refractivity contribution in [3.63, 3.8) is 0 Å². The van der Waals surface area contributed by atoms with Gasteiger partial charge in [-0.15, -0.1) is 0 Å². The quantitative estimate of drug-likeness (QED) is 0.555. The van der Waals surface area contributed by atoms with Crippen molar-refractivity contribution < 1.29 is 46.1 Å². The number of allylic oxidation sites excluding steroid dienone is 8. The van der Waals surface area contributed by atoms with Crippen LogP contribution < -0.4 is 24.8 Å². The minimum atomic E-state index is -1.55. The van der Waals surface area contributed by atoms with Crippen LogP contribution in [-0.2, 0) is 21.3 Å². The average molecular weight is 388 g/mol. The zero-order valence-corrected chi connectivity index (χ0v) is 16.2. The molecule has 3 aliphatic carbocycles. The molecule has 0 aromatic rings. The van der Waals surface area contributed by atoms with E-state index in [0.29, 0.717) is 0 Å². The first kappa shape index (κ1) is 18.3. The van der Waals surface area contributed by atoms with Crippen LogP contribution in [0.25, 0.3) is 0 Å². The van der Waals surface area contributed by atoms with E-state index in [4.69, 9.17) is 0 Å². The van der Waals surface area contributed by atoms with Crippen LogP contribution in [0.4, 0.5) is 0 Å². The second-order valence-corrected chi connectivity index (χ2v) is 13.7. The monoisotopic (exact) mass is 386 g/mol. The summed E-state index contributed by atoms with van der Waals surface area (Å²) in [5, 5.41) is 0. The molecule has 2 unspecified atom stereocenters. The predicted molar refractivity (Wildman–Crippen MR) is 76.5 cm³/mol. The summed E-state index contributed by atoms with van der Waals surface area (Å²) in [7, 11) is 0. The van der Waals surface area contributed by atoms with E-state index in [1.807, 2.05) is 8.85 Å². The van der Waals surface area contributed by atoms with Gasteiger partial charge in [0.1, 0.15) is 0 Å². The summed E-state index contributed by atoms with van der Waals surface area (Å²) in [6, 6.07) is 0. The van der Waals surface area contributed by atoms with Crippen LogP contribution >= 0.6 is 0 Å². The van der Waals surface area contributed by atoms with Gasteiger partial charge in [-0.2, -0.15) is 0 Å². The van der Waals surface area contributed by atoms with Crippen molar-refractivity contribution in [2.75, 3.05) is 0 Å². The molecular weight excluding hydrogens is 366 g/mol. The van der Waals surface area contributed by atoms with Gasteiger partial charge >= 0.3 is 119 Å². The smallest absolute Gasteiger partial charge is 1.00 e. The first-order valence-electron chi connectivity index (χ1n) is 7.17. The van der Waals surface area contributed by atoms with Crippen LogP contribution in [0.15, 0.2) is 45.3 Å². The molecule has 20 heavy (non-hydrogen) atoms. The minimum Gasteiger partial charge on any atom is -1.00 e.